The minimum Gasteiger partial charge on any atom is -0.452 e. The third-order valence-corrected chi connectivity index (χ3v) is 12.4. The number of fused-ring (bicyclic) bond motifs is 6. The highest BCUT2D eigenvalue weighted by Crippen LogP contribution is 2.46. The van der Waals surface area contributed by atoms with Gasteiger partial charge in [-0.2, -0.15) is 0 Å². The van der Waals surface area contributed by atoms with Crippen molar-refractivity contribution in [1.29, 1.82) is 0 Å². The van der Waals surface area contributed by atoms with Crippen molar-refractivity contribution >= 4 is 39.0 Å². The van der Waals surface area contributed by atoms with Gasteiger partial charge in [0.05, 0.1) is 11.2 Å². The maximum absolute atomic E-state index is 6.51. The minimum absolute atomic E-state index is 0.262. The van der Waals surface area contributed by atoms with E-state index < -0.39 is 0 Å². The van der Waals surface area contributed by atoms with Crippen molar-refractivity contribution in [3.05, 3.63) is 229 Å². The fourth-order valence-corrected chi connectivity index (χ4v) is 9.43. The molecule has 11 aromatic rings. The number of nitrogens with zero attached hydrogens (tertiary/aromatic N) is 3. The summed E-state index contributed by atoms with van der Waals surface area (Å²) in [4.78, 5) is 10.7. The summed E-state index contributed by atoms with van der Waals surface area (Å²) < 4.78 is 9.04. The molecule has 0 saturated heterocycles. The standard InChI is InChI=1S/C58H39N3O/c1-6-18-38(19-7-1)43-30-32-51-49(34-43)50-35-44(39-20-8-2-9-21-39)31-33-52(50)61(51)56-47(40-22-10-3-11-23-40)36-45(37-48(56)41-24-12-4-13-25-41)58-59-54(42-26-14-5-15-27-42)57-55(60-58)46-28-16-17-29-53(46)62-57/h1-34,36-37,44H,35H2. The molecule has 1 atom stereocenters. The molecule has 0 bridgehead atoms. The van der Waals surface area contributed by atoms with Crippen LogP contribution >= 0.6 is 0 Å². The molecule has 0 aliphatic heterocycles. The number of hydrogen-bond donors (Lipinski definition) is 0. The van der Waals surface area contributed by atoms with Crippen molar-refractivity contribution in [1.82, 2.24) is 14.5 Å². The average molecular weight is 794 g/mol. The first kappa shape index (κ1) is 35.8. The Bertz CT molecular complexity index is 3400. The SMILES string of the molecule is C1=CC(c2ccccc2)Cc2c1n(-c1c(-c3ccccc3)cc(-c3nc(-c4ccccc4)c4oc5ccccc5c4n3)cc1-c1ccccc1)c1ccc(-c3ccccc3)cc21. The van der Waals surface area contributed by atoms with E-state index in [1.54, 1.807) is 0 Å². The zero-order valence-electron chi connectivity index (χ0n) is 33.8. The van der Waals surface area contributed by atoms with Gasteiger partial charge < -0.3 is 8.98 Å². The van der Waals surface area contributed by atoms with E-state index in [0.29, 0.717) is 11.4 Å². The van der Waals surface area contributed by atoms with Gasteiger partial charge in [0, 0.05) is 44.6 Å². The third kappa shape index (κ3) is 6.07. The van der Waals surface area contributed by atoms with E-state index in [-0.39, 0.29) is 5.92 Å². The van der Waals surface area contributed by atoms with Gasteiger partial charge in [-0.1, -0.05) is 176 Å². The predicted octanol–water partition coefficient (Wildman–Crippen LogP) is 15.0. The van der Waals surface area contributed by atoms with Crippen molar-refractivity contribution in [2.45, 2.75) is 12.3 Å². The van der Waals surface area contributed by atoms with Crippen LogP contribution in [-0.4, -0.2) is 14.5 Å². The molecule has 1 aliphatic rings. The number of allylic oxidation sites excluding steroid dienone is 1. The lowest BCUT2D eigenvalue weighted by Gasteiger charge is -2.23. The van der Waals surface area contributed by atoms with E-state index in [2.05, 4.69) is 187 Å². The van der Waals surface area contributed by atoms with Crippen molar-refractivity contribution in [2.75, 3.05) is 0 Å². The summed E-state index contributed by atoms with van der Waals surface area (Å²) in [5.74, 6) is 0.902. The van der Waals surface area contributed by atoms with Gasteiger partial charge in [-0.15, -0.1) is 0 Å². The second kappa shape index (κ2) is 14.9. The number of furan rings is 1. The first-order valence-corrected chi connectivity index (χ1v) is 21.3. The molecule has 0 amide bonds. The van der Waals surface area contributed by atoms with Gasteiger partial charge in [-0.3, -0.25) is 0 Å². The monoisotopic (exact) mass is 793 g/mol. The van der Waals surface area contributed by atoms with Gasteiger partial charge in [-0.05, 0) is 82.3 Å². The fraction of sp³-hybridized carbons (Fsp3) is 0.0345. The van der Waals surface area contributed by atoms with Crippen LogP contribution in [0.1, 0.15) is 22.7 Å². The lowest BCUT2D eigenvalue weighted by Crippen LogP contribution is -2.09. The molecule has 0 saturated carbocycles. The quantitative estimate of drug-likeness (QED) is 0.161. The summed E-state index contributed by atoms with van der Waals surface area (Å²) in [5, 5.41) is 2.23. The Kier molecular flexibility index (Phi) is 8.60. The lowest BCUT2D eigenvalue weighted by molar-refractivity contribution is 0.667. The molecule has 12 rings (SSSR count). The molecule has 292 valence electrons. The molecule has 62 heavy (non-hydrogen) atoms. The van der Waals surface area contributed by atoms with Crippen molar-refractivity contribution < 1.29 is 4.42 Å². The molecule has 4 heteroatoms. The molecular formula is C58H39N3O. The predicted molar refractivity (Wildman–Crippen MR) is 255 cm³/mol. The van der Waals surface area contributed by atoms with Gasteiger partial charge in [0.15, 0.2) is 11.4 Å². The Labute approximate surface area is 359 Å². The van der Waals surface area contributed by atoms with Crippen LogP contribution in [0.2, 0.25) is 0 Å². The summed E-state index contributed by atoms with van der Waals surface area (Å²) in [6.45, 7) is 0. The molecule has 3 aromatic heterocycles. The van der Waals surface area contributed by atoms with E-state index in [1.165, 1.54) is 38.9 Å². The topological polar surface area (TPSA) is 43.9 Å². The third-order valence-electron chi connectivity index (χ3n) is 12.4. The Balaban J connectivity index is 1.17. The van der Waals surface area contributed by atoms with E-state index >= 15 is 0 Å². The van der Waals surface area contributed by atoms with Crippen molar-refractivity contribution in [3.63, 3.8) is 0 Å². The summed E-state index contributed by atoms with van der Waals surface area (Å²) in [7, 11) is 0. The van der Waals surface area contributed by atoms with Crippen LogP contribution < -0.4 is 0 Å². The van der Waals surface area contributed by atoms with Gasteiger partial charge in [0.2, 0.25) is 0 Å². The van der Waals surface area contributed by atoms with E-state index in [9.17, 15) is 0 Å². The molecule has 0 spiro atoms. The molecule has 4 nitrogen and oxygen atoms in total. The second-order valence-corrected chi connectivity index (χ2v) is 16.1. The zero-order valence-corrected chi connectivity index (χ0v) is 33.8. The second-order valence-electron chi connectivity index (χ2n) is 16.1. The van der Waals surface area contributed by atoms with Crippen LogP contribution in [0.4, 0.5) is 0 Å². The van der Waals surface area contributed by atoms with Crippen LogP contribution in [0.15, 0.2) is 217 Å². The molecule has 1 unspecified atom stereocenters. The molecule has 0 fully saturated rings. The van der Waals surface area contributed by atoms with Gasteiger partial charge in [0.1, 0.15) is 16.8 Å². The average Bonchev–Trinajstić information content (AvgIpc) is 3.89. The molecule has 8 aromatic carbocycles. The van der Waals surface area contributed by atoms with Crippen LogP contribution in [0.25, 0.3) is 101 Å². The highest BCUT2D eigenvalue weighted by molar-refractivity contribution is 6.07. The summed E-state index contributed by atoms with van der Waals surface area (Å²) in [5.41, 5.74) is 17.9. The number of rotatable bonds is 7. The van der Waals surface area contributed by atoms with Crippen LogP contribution in [0.3, 0.4) is 0 Å². The lowest BCUT2D eigenvalue weighted by atomic mass is 9.86. The highest BCUT2D eigenvalue weighted by Gasteiger charge is 2.28. The molecule has 3 heterocycles. The van der Waals surface area contributed by atoms with E-state index in [1.807, 2.05) is 36.4 Å². The maximum atomic E-state index is 6.51. The van der Waals surface area contributed by atoms with Crippen LogP contribution in [-0.2, 0) is 6.42 Å². The summed E-state index contributed by atoms with van der Waals surface area (Å²) in [6, 6.07) is 73.2. The van der Waals surface area contributed by atoms with Gasteiger partial charge in [0.25, 0.3) is 0 Å². The van der Waals surface area contributed by atoms with E-state index in [0.717, 1.165) is 67.7 Å². The Morgan fingerprint density at radius 1 is 0.484 bits per heavy atom. The van der Waals surface area contributed by atoms with Gasteiger partial charge >= 0.3 is 0 Å². The first-order valence-electron chi connectivity index (χ1n) is 21.3. The Morgan fingerprint density at radius 3 is 1.73 bits per heavy atom. The van der Waals surface area contributed by atoms with Crippen LogP contribution in [0, 0.1) is 0 Å². The van der Waals surface area contributed by atoms with Crippen molar-refractivity contribution in [2.24, 2.45) is 0 Å². The summed E-state index contributed by atoms with van der Waals surface area (Å²) in [6.07, 6.45) is 5.66. The van der Waals surface area contributed by atoms with Gasteiger partial charge in [-0.25, -0.2) is 9.97 Å². The number of aromatic nitrogens is 3. The van der Waals surface area contributed by atoms with E-state index in [4.69, 9.17) is 14.4 Å². The summed E-state index contributed by atoms with van der Waals surface area (Å²) >= 11 is 0. The molecule has 0 N–H and O–H groups in total. The Morgan fingerprint density at radius 2 is 1.06 bits per heavy atom. The normalized spacial score (nSPS) is 13.5. The fourth-order valence-electron chi connectivity index (χ4n) is 9.43. The van der Waals surface area contributed by atoms with Crippen LogP contribution in [0.5, 0.6) is 0 Å². The number of para-hydroxylation sites is 1. The molecular weight excluding hydrogens is 755 g/mol. The number of hydrogen-bond acceptors (Lipinski definition) is 3. The number of benzene rings is 8. The zero-order chi connectivity index (χ0) is 41.0. The molecule has 1 aliphatic carbocycles. The highest BCUT2D eigenvalue weighted by atomic mass is 16.3. The minimum atomic E-state index is 0.262. The Hall–Kier alpha value is -8.08. The first-order chi connectivity index (χ1) is 30.7. The molecule has 0 radical (unpaired) electrons. The van der Waals surface area contributed by atoms with Crippen molar-refractivity contribution in [3.8, 4) is 61.7 Å². The maximum Gasteiger partial charge on any atom is 0.180 e. The largest absolute Gasteiger partial charge is 0.452 e. The smallest absolute Gasteiger partial charge is 0.180 e.